The lowest BCUT2D eigenvalue weighted by Gasteiger charge is -2.34. The van der Waals surface area contributed by atoms with Gasteiger partial charge in [-0.05, 0) is 76.4 Å². The van der Waals surface area contributed by atoms with Crippen molar-refractivity contribution in [2.75, 3.05) is 19.6 Å². The van der Waals surface area contributed by atoms with Gasteiger partial charge in [0.1, 0.15) is 0 Å². The predicted octanol–water partition coefficient (Wildman–Crippen LogP) is 3.03. The second-order valence-electron chi connectivity index (χ2n) is 6.96. The lowest BCUT2D eigenvalue weighted by atomic mass is 9.89. The van der Waals surface area contributed by atoms with E-state index in [2.05, 4.69) is 17.1 Å². The summed E-state index contributed by atoms with van der Waals surface area (Å²) in [5.41, 5.74) is 0. The van der Waals surface area contributed by atoms with Crippen molar-refractivity contribution < 1.29 is 0 Å². The van der Waals surface area contributed by atoms with Crippen molar-refractivity contribution >= 4 is 0 Å². The van der Waals surface area contributed by atoms with Gasteiger partial charge in [-0.3, -0.25) is 0 Å². The van der Waals surface area contributed by atoms with Crippen LogP contribution < -0.4 is 5.32 Å². The highest BCUT2D eigenvalue weighted by Crippen LogP contribution is 2.33. The zero-order chi connectivity index (χ0) is 12.4. The number of hydrogen-bond acceptors (Lipinski definition) is 2. The van der Waals surface area contributed by atoms with Crippen LogP contribution in [0.15, 0.2) is 0 Å². The van der Waals surface area contributed by atoms with Gasteiger partial charge in [-0.25, -0.2) is 0 Å². The Morgan fingerprint density at radius 1 is 0.944 bits per heavy atom. The molecule has 0 saturated carbocycles. The van der Waals surface area contributed by atoms with E-state index >= 15 is 0 Å². The summed E-state index contributed by atoms with van der Waals surface area (Å²) in [5.74, 6) is 2.05. The van der Waals surface area contributed by atoms with Crippen LogP contribution in [0.25, 0.3) is 0 Å². The Hall–Kier alpha value is -0.0800. The Morgan fingerprint density at radius 3 is 2.22 bits per heavy atom. The zero-order valence-electron chi connectivity index (χ0n) is 12.0. The van der Waals surface area contributed by atoms with Gasteiger partial charge in [0.15, 0.2) is 0 Å². The second-order valence-corrected chi connectivity index (χ2v) is 6.96. The molecule has 0 aromatic carbocycles. The maximum atomic E-state index is 3.76. The zero-order valence-corrected chi connectivity index (χ0v) is 12.0. The van der Waals surface area contributed by atoms with Gasteiger partial charge < -0.3 is 10.2 Å². The first-order valence-electron chi connectivity index (χ1n) is 8.32. The van der Waals surface area contributed by atoms with Crippen molar-refractivity contribution in [3.63, 3.8) is 0 Å². The first-order valence-corrected chi connectivity index (χ1v) is 8.32. The molecule has 2 atom stereocenters. The van der Waals surface area contributed by atoms with Crippen LogP contribution in [0.5, 0.6) is 0 Å². The lowest BCUT2D eigenvalue weighted by Crippen LogP contribution is -2.40. The van der Waals surface area contributed by atoms with Gasteiger partial charge in [-0.1, -0.05) is 13.3 Å². The molecular formula is C16H30N2. The van der Waals surface area contributed by atoms with E-state index in [9.17, 15) is 0 Å². The minimum absolute atomic E-state index is 0.875. The highest BCUT2D eigenvalue weighted by molar-refractivity contribution is 4.92. The molecule has 2 bridgehead atoms. The molecule has 3 heterocycles. The van der Waals surface area contributed by atoms with Gasteiger partial charge in [0.2, 0.25) is 0 Å². The standard InChI is InChI=1S/C16H30N2/c1-2-13-5-8-18(9-6-13)10-7-14-11-15-3-4-16(12-14)17-15/h13-17H,2-12H2,1H3. The van der Waals surface area contributed by atoms with Crippen molar-refractivity contribution in [1.29, 1.82) is 0 Å². The van der Waals surface area contributed by atoms with Gasteiger partial charge in [-0.15, -0.1) is 0 Å². The summed E-state index contributed by atoms with van der Waals surface area (Å²) in [5, 5.41) is 3.76. The van der Waals surface area contributed by atoms with Crippen molar-refractivity contribution in [3.05, 3.63) is 0 Å². The summed E-state index contributed by atoms with van der Waals surface area (Å²) >= 11 is 0. The summed E-state index contributed by atoms with van der Waals surface area (Å²) in [7, 11) is 0. The summed E-state index contributed by atoms with van der Waals surface area (Å²) in [6.07, 6.45) is 11.6. The Balaban J connectivity index is 1.37. The van der Waals surface area contributed by atoms with Crippen LogP contribution >= 0.6 is 0 Å². The van der Waals surface area contributed by atoms with Crippen LogP contribution in [0.1, 0.15) is 58.3 Å². The molecule has 3 aliphatic rings. The average molecular weight is 250 g/mol. The fourth-order valence-electron chi connectivity index (χ4n) is 4.39. The Kier molecular flexibility index (Phi) is 4.25. The Labute approximate surface area is 113 Å². The number of rotatable bonds is 4. The molecule has 2 heteroatoms. The molecule has 0 amide bonds. The molecule has 18 heavy (non-hydrogen) atoms. The molecule has 0 aromatic heterocycles. The van der Waals surface area contributed by atoms with E-state index in [1.165, 1.54) is 71.0 Å². The highest BCUT2D eigenvalue weighted by atomic mass is 15.1. The van der Waals surface area contributed by atoms with Crippen LogP contribution in [-0.2, 0) is 0 Å². The molecule has 0 spiro atoms. The summed E-state index contributed by atoms with van der Waals surface area (Å²) in [4.78, 5) is 2.73. The number of likely N-dealkylation sites (tertiary alicyclic amines) is 1. The minimum Gasteiger partial charge on any atom is -0.311 e. The summed E-state index contributed by atoms with van der Waals surface area (Å²) in [6, 6.07) is 1.75. The molecule has 0 aliphatic carbocycles. The minimum atomic E-state index is 0.875. The van der Waals surface area contributed by atoms with Gasteiger partial charge in [0.25, 0.3) is 0 Å². The van der Waals surface area contributed by atoms with Gasteiger partial charge >= 0.3 is 0 Å². The van der Waals surface area contributed by atoms with Gasteiger partial charge in [0.05, 0.1) is 0 Å². The quantitative estimate of drug-likeness (QED) is 0.825. The molecule has 2 nitrogen and oxygen atoms in total. The van der Waals surface area contributed by atoms with Crippen molar-refractivity contribution in [2.24, 2.45) is 11.8 Å². The van der Waals surface area contributed by atoms with E-state index in [0.717, 1.165) is 23.9 Å². The molecule has 1 N–H and O–H groups in total. The largest absolute Gasteiger partial charge is 0.311 e. The first kappa shape index (κ1) is 12.9. The molecule has 0 aromatic rings. The second kappa shape index (κ2) is 5.92. The van der Waals surface area contributed by atoms with E-state index in [-0.39, 0.29) is 0 Å². The normalized spacial score (nSPS) is 38.2. The van der Waals surface area contributed by atoms with Crippen LogP contribution in [0, 0.1) is 11.8 Å². The molecule has 2 unspecified atom stereocenters. The predicted molar refractivity (Wildman–Crippen MR) is 76.7 cm³/mol. The molecule has 104 valence electrons. The van der Waals surface area contributed by atoms with Gasteiger partial charge in [-0.2, -0.15) is 0 Å². The van der Waals surface area contributed by atoms with E-state index in [0.29, 0.717) is 0 Å². The fraction of sp³-hybridized carbons (Fsp3) is 1.00. The maximum absolute atomic E-state index is 3.76. The SMILES string of the molecule is CCC1CCN(CCC2CC3CCC(C2)N3)CC1. The number of nitrogens with zero attached hydrogens (tertiary/aromatic N) is 1. The topological polar surface area (TPSA) is 15.3 Å². The van der Waals surface area contributed by atoms with E-state index < -0.39 is 0 Å². The third-order valence-electron chi connectivity index (χ3n) is 5.71. The van der Waals surface area contributed by atoms with Crippen LogP contribution in [0.4, 0.5) is 0 Å². The van der Waals surface area contributed by atoms with E-state index in [1.54, 1.807) is 0 Å². The Bertz CT molecular complexity index is 246. The van der Waals surface area contributed by atoms with Crippen LogP contribution in [-0.4, -0.2) is 36.6 Å². The van der Waals surface area contributed by atoms with E-state index in [4.69, 9.17) is 0 Å². The fourth-order valence-corrected chi connectivity index (χ4v) is 4.39. The average Bonchev–Trinajstić information content (AvgIpc) is 2.76. The summed E-state index contributed by atoms with van der Waals surface area (Å²) in [6.45, 7) is 6.47. The summed E-state index contributed by atoms with van der Waals surface area (Å²) < 4.78 is 0. The third-order valence-corrected chi connectivity index (χ3v) is 5.71. The van der Waals surface area contributed by atoms with E-state index in [1.807, 2.05) is 0 Å². The number of fused-ring (bicyclic) bond motifs is 2. The molecule has 0 radical (unpaired) electrons. The number of piperidine rings is 2. The number of nitrogens with one attached hydrogen (secondary N) is 1. The molecular weight excluding hydrogens is 220 g/mol. The molecule has 3 rings (SSSR count). The smallest absolute Gasteiger partial charge is 0.00728 e. The monoisotopic (exact) mass is 250 g/mol. The third kappa shape index (κ3) is 3.08. The number of hydrogen-bond donors (Lipinski definition) is 1. The van der Waals surface area contributed by atoms with Gasteiger partial charge in [0, 0.05) is 12.1 Å². The lowest BCUT2D eigenvalue weighted by molar-refractivity contribution is 0.161. The molecule has 3 aliphatic heterocycles. The molecule has 3 fully saturated rings. The van der Waals surface area contributed by atoms with Crippen LogP contribution in [0.3, 0.4) is 0 Å². The van der Waals surface area contributed by atoms with Crippen molar-refractivity contribution in [1.82, 2.24) is 10.2 Å². The Morgan fingerprint density at radius 2 is 1.61 bits per heavy atom. The molecule has 3 saturated heterocycles. The van der Waals surface area contributed by atoms with Crippen LogP contribution in [0.2, 0.25) is 0 Å². The first-order chi connectivity index (χ1) is 8.83. The van der Waals surface area contributed by atoms with Crippen molar-refractivity contribution in [2.45, 2.75) is 70.4 Å². The van der Waals surface area contributed by atoms with Crippen molar-refractivity contribution in [3.8, 4) is 0 Å². The maximum Gasteiger partial charge on any atom is 0.00728 e. The highest BCUT2D eigenvalue weighted by Gasteiger charge is 2.33.